The van der Waals surface area contributed by atoms with Gasteiger partial charge in [-0.2, -0.15) is 0 Å². The van der Waals surface area contributed by atoms with Crippen molar-refractivity contribution in [2.45, 2.75) is 51.7 Å². The minimum Gasteiger partial charge on any atom is -0.481 e. The van der Waals surface area contributed by atoms with Gasteiger partial charge in [-0.3, -0.25) is 9.80 Å². The summed E-state index contributed by atoms with van der Waals surface area (Å²) >= 11 is 0. The molecule has 0 saturated carbocycles. The molecule has 158 valence electrons. The number of methoxy groups -OCH3 is 1. The molecular weight excluding hydrogens is 372 g/mol. The van der Waals surface area contributed by atoms with Crippen LogP contribution >= 0.6 is 0 Å². The van der Waals surface area contributed by atoms with Crippen LogP contribution in [0.2, 0.25) is 0 Å². The number of aromatic nitrogens is 1. The third kappa shape index (κ3) is 5.11. The number of pyridine rings is 1. The maximum atomic E-state index is 14.4. The van der Waals surface area contributed by atoms with Crippen LogP contribution in [0.15, 0.2) is 42.6 Å². The van der Waals surface area contributed by atoms with Crippen LogP contribution in [0.3, 0.4) is 0 Å². The first-order valence-electron chi connectivity index (χ1n) is 10.0. The van der Waals surface area contributed by atoms with E-state index in [9.17, 15) is 8.78 Å². The zero-order valence-corrected chi connectivity index (χ0v) is 18.0. The summed E-state index contributed by atoms with van der Waals surface area (Å²) < 4.78 is 34.0. The first-order valence-corrected chi connectivity index (χ1v) is 10.0. The van der Waals surface area contributed by atoms with E-state index in [-0.39, 0.29) is 17.1 Å². The van der Waals surface area contributed by atoms with Gasteiger partial charge in [-0.25, -0.2) is 13.8 Å². The molecule has 3 rings (SSSR count). The number of piperazine rings is 1. The van der Waals surface area contributed by atoms with E-state index < -0.39 is 5.92 Å². The second-order valence-electron chi connectivity index (χ2n) is 8.80. The Kier molecular flexibility index (Phi) is 6.24. The van der Waals surface area contributed by atoms with Gasteiger partial charge < -0.3 is 4.74 Å². The molecule has 4 nitrogen and oxygen atoms in total. The normalized spacial score (nSPS) is 19.3. The molecule has 1 unspecified atom stereocenters. The second kappa shape index (κ2) is 8.36. The Bertz CT molecular complexity index is 829. The maximum Gasteiger partial charge on any atom is 0.270 e. The van der Waals surface area contributed by atoms with Crippen molar-refractivity contribution in [2.24, 2.45) is 0 Å². The van der Waals surface area contributed by atoms with Crippen molar-refractivity contribution in [1.82, 2.24) is 14.8 Å². The predicted molar refractivity (Wildman–Crippen MR) is 111 cm³/mol. The quantitative estimate of drug-likeness (QED) is 0.713. The summed E-state index contributed by atoms with van der Waals surface area (Å²) in [4.78, 5) is 8.84. The van der Waals surface area contributed by atoms with Gasteiger partial charge in [0.25, 0.3) is 5.92 Å². The summed E-state index contributed by atoms with van der Waals surface area (Å²) in [6.45, 7) is 10.6. The molecule has 0 aliphatic carbocycles. The van der Waals surface area contributed by atoms with E-state index in [2.05, 4.69) is 35.6 Å². The Labute approximate surface area is 172 Å². The number of halogens is 2. The second-order valence-corrected chi connectivity index (χ2v) is 8.80. The van der Waals surface area contributed by atoms with Gasteiger partial charge in [0.05, 0.1) is 7.11 Å². The van der Waals surface area contributed by atoms with Gasteiger partial charge in [0.2, 0.25) is 5.88 Å². The van der Waals surface area contributed by atoms with Crippen LogP contribution < -0.4 is 4.74 Å². The van der Waals surface area contributed by atoms with Gasteiger partial charge in [-0.05, 0) is 38.0 Å². The van der Waals surface area contributed by atoms with E-state index in [0.29, 0.717) is 18.0 Å². The van der Waals surface area contributed by atoms with Crippen molar-refractivity contribution < 1.29 is 13.5 Å². The number of hydrogen-bond donors (Lipinski definition) is 0. The third-order valence-electron chi connectivity index (χ3n) is 5.53. The third-order valence-corrected chi connectivity index (χ3v) is 5.53. The zero-order chi connectivity index (χ0) is 21.2. The molecule has 1 aliphatic rings. The Morgan fingerprint density at radius 2 is 1.83 bits per heavy atom. The molecule has 0 bridgehead atoms. The molecule has 6 heteroatoms. The topological polar surface area (TPSA) is 28.6 Å². The average molecular weight is 404 g/mol. The molecule has 2 heterocycles. The molecule has 1 atom stereocenters. The number of rotatable bonds is 5. The highest BCUT2D eigenvalue weighted by atomic mass is 19.3. The van der Waals surface area contributed by atoms with Crippen LogP contribution in [0.5, 0.6) is 5.88 Å². The van der Waals surface area contributed by atoms with Crippen molar-refractivity contribution >= 4 is 0 Å². The Morgan fingerprint density at radius 3 is 2.48 bits per heavy atom. The first kappa shape index (κ1) is 21.7. The fraction of sp³-hybridized carbons (Fsp3) is 0.522. The van der Waals surface area contributed by atoms with Crippen molar-refractivity contribution in [2.75, 3.05) is 26.7 Å². The Morgan fingerprint density at radius 1 is 1.10 bits per heavy atom. The van der Waals surface area contributed by atoms with Crippen LogP contribution in [-0.2, 0) is 12.5 Å². The van der Waals surface area contributed by atoms with Crippen molar-refractivity contribution in [1.29, 1.82) is 0 Å². The number of ether oxygens (including phenoxy) is 1. The molecule has 29 heavy (non-hydrogen) atoms. The van der Waals surface area contributed by atoms with Crippen molar-refractivity contribution in [3.05, 3.63) is 59.3 Å². The number of alkyl halides is 2. The van der Waals surface area contributed by atoms with Gasteiger partial charge in [0, 0.05) is 62.5 Å². The largest absolute Gasteiger partial charge is 0.481 e. The molecule has 0 radical (unpaired) electrons. The van der Waals surface area contributed by atoms with E-state index in [0.717, 1.165) is 32.1 Å². The molecule has 0 amide bonds. The minimum absolute atomic E-state index is 0.102. The highest BCUT2D eigenvalue weighted by molar-refractivity contribution is 5.34. The molecule has 0 N–H and O–H groups in total. The molecule has 1 aromatic carbocycles. The fourth-order valence-corrected chi connectivity index (χ4v) is 4.16. The number of benzene rings is 1. The van der Waals surface area contributed by atoms with Crippen molar-refractivity contribution in [3.8, 4) is 5.88 Å². The maximum absolute atomic E-state index is 14.4. The van der Waals surface area contributed by atoms with E-state index in [1.807, 2.05) is 24.3 Å². The van der Waals surface area contributed by atoms with Crippen LogP contribution in [0, 0.1) is 0 Å². The number of nitrogens with zero attached hydrogens (tertiary/aromatic N) is 3. The molecular formula is C23H31F2N3O. The summed E-state index contributed by atoms with van der Waals surface area (Å²) in [5.74, 6) is -2.29. The van der Waals surface area contributed by atoms with Crippen LogP contribution in [0.4, 0.5) is 8.78 Å². The molecule has 1 saturated heterocycles. The molecule has 1 aromatic heterocycles. The molecule has 1 fully saturated rings. The zero-order valence-electron chi connectivity index (χ0n) is 18.0. The summed E-state index contributed by atoms with van der Waals surface area (Å²) in [6.07, 6.45) is 1.74. The van der Waals surface area contributed by atoms with E-state index in [1.165, 1.54) is 0 Å². The van der Waals surface area contributed by atoms with Gasteiger partial charge in [0.15, 0.2) is 0 Å². The van der Waals surface area contributed by atoms with Crippen LogP contribution in [-0.4, -0.2) is 47.1 Å². The SMILES string of the molecule is COc1cc(CN2CCN(C(C)(C)C)C(c3ccccc3C(C)(F)F)C2)ccn1. The average Bonchev–Trinajstić information content (AvgIpc) is 2.66. The molecule has 1 aliphatic heterocycles. The van der Waals surface area contributed by atoms with Crippen LogP contribution in [0.25, 0.3) is 0 Å². The monoisotopic (exact) mass is 403 g/mol. The lowest BCUT2D eigenvalue weighted by Gasteiger charge is -2.49. The lowest BCUT2D eigenvalue weighted by atomic mass is 9.90. The Balaban J connectivity index is 1.91. The smallest absolute Gasteiger partial charge is 0.270 e. The molecule has 2 aromatic rings. The fourth-order valence-electron chi connectivity index (χ4n) is 4.16. The summed E-state index contributed by atoms with van der Waals surface area (Å²) in [5, 5.41) is 0. The van der Waals surface area contributed by atoms with E-state index in [1.54, 1.807) is 25.4 Å². The van der Waals surface area contributed by atoms with E-state index >= 15 is 0 Å². The summed E-state index contributed by atoms with van der Waals surface area (Å²) in [5.41, 5.74) is 1.82. The standard InChI is InChI=1S/C23H31F2N3O/c1-22(2,3)28-13-12-27(15-17-10-11-26-21(14-17)29-5)16-20(28)18-8-6-7-9-19(18)23(4,24)25/h6-11,14,20H,12-13,15-16H2,1-5H3. The Hall–Kier alpha value is -2.05. The summed E-state index contributed by atoms with van der Waals surface area (Å²) in [7, 11) is 1.60. The lowest BCUT2D eigenvalue weighted by molar-refractivity contribution is -0.00633. The lowest BCUT2D eigenvalue weighted by Crippen LogP contribution is -2.55. The first-order chi connectivity index (χ1) is 13.6. The van der Waals surface area contributed by atoms with Gasteiger partial charge >= 0.3 is 0 Å². The highest BCUT2D eigenvalue weighted by Gasteiger charge is 2.38. The van der Waals surface area contributed by atoms with Gasteiger partial charge in [0.1, 0.15) is 0 Å². The van der Waals surface area contributed by atoms with Gasteiger partial charge in [-0.1, -0.05) is 24.3 Å². The van der Waals surface area contributed by atoms with E-state index in [4.69, 9.17) is 4.74 Å². The molecule has 0 spiro atoms. The van der Waals surface area contributed by atoms with Gasteiger partial charge in [-0.15, -0.1) is 0 Å². The summed E-state index contributed by atoms with van der Waals surface area (Å²) in [6, 6.07) is 10.8. The van der Waals surface area contributed by atoms with Crippen LogP contribution in [0.1, 0.15) is 50.4 Å². The predicted octanol–water partition coefficient (Wildman–Crippen LogP) is 4.86. The minimum atomic E-state index is -2.87. The highest BCUT2D eigenvalue weighted by Crippen LogP contribution is 2.39. The number of hydrogen-bond acceptors (Lipinski definition) is 4. The van der Waals surface area contributed by atoms with Crippen molar-refractivity contribution in [3.63, 3.8) is 0 Å².